The third-order valence-corrected chi connectivity index (χ3v) is 3.17. The zero-order valence-electron chi connectivity index (χ0n) is 11.6. The number of likely N-dealkylation sites (N-methyl/N-ethyl adjacent to an activating group) is 1. The van der Waals surface area contributed by atoms with Crippen molar-refractivity contribution in [2.75, 3.05) is 13.6 Å². The van der Waals surface area contributed by atoms with E-state index < -0.39 is 17.7 Å². The minimum Gasteiger partial charge on any atom is -0.387 e. The Balaban J connectivity index is 1.98. The predicted molar refractivity (Wildman–Crippen MR) is 74.1 cm³/mol. The molecule has 1 unspecified atom stereocenters. The Labute approximate surface area is 121 Å². The highest BCUT2D eigenvalue weighted by molar-refractivity contribution is 5.21. The summed E-state index contributed by atoms with van der Waals surface area (Å²) < 4.78 is 39.2. The van der Waals surface area contributed by atoms with Crippen LogP contribution in [0.15, 0.2) is 42.5 Å². The molecular weight excluding hydrogens is 279 g/mol. The van der Waals surface area contributed by atoms with Gasteiger partial charge in [0.25, 0.3) is 0 Å². The summed E-state index contributed by atoms with van der Waals surface area (Å²) in [6, 6.07) is 9.12. The molecule has 1 N–H and O–H groups in total. The first kappa shape index (κ1) is 15.5. The molecule has 0 aliphatic rings. The Morgan fingerprint density at radius 2 is 1.62 bits per heavy atom. The summed E-state index contributed by atoms with van der Waals surface area (Å²) in [7, 11) is 1.76. The first-order valence-corrected chi connectivity index (χ1v) is 6.51. The molecule has 0 saturated heterocycles. The van der Waals surface area contributed by atoms with E-state index in [4.69, 9.17) is 0 Å². The van der Waals surface area contributed by atoms with Crippen LogP contribution in [0.25, 0.3) is 0 Å². The summed E-state index contributed by atoms with van der Waals surface area (Å²) >= 11 is 0. The quantitative estimate of drug-likeness (QED) is 0.915. The van der Waals surface area contributed by atoms with Crippen LogP contribution < -0.4 is 0 Å². The molecule has 0 bridgehead atoms. The van der Waals surface area contributed by atoms with Crippen molar-refractivity contribution in [3.63, 3.8) is 0 Å². The molecule has 0 amide bonds. The highest BCUT2D eigenvalue weighted by atomic mass is 19.1. The monoisotopic (exact) mass is 295 g/mol. The van der Waals surface area contributed by atoms with Gasteiger partial charge in [0.05, 0.1) is 6.10 Å². The van der Waals surface area contributed by atoms with Gasteiger partial charge in [-0.25, -0.2) is 13.2 Å². The SMILES string of the molecule is CN(Cc1ccc(F)cc1)CC(O)c1ccc(F)cc1F. The van der Waals surface area contributed by atoms with Gasteiger partial charge in [-0.15, -0.1) is 0 Å². The van der Waals surface area contributed by atoms with Crippen molar-refractivity contribution < 1.29 is 18.3 Å². The molecule has 2 aromatic carbocycles. The molecule has 0 fully saturated rings. The van der Waals surface area contributed by atoms with E-state index in [9.17, 15) is 18.3 Å². The van der Waals surface area contributed by atoms with Gasteiger partial charge in [-0.05, 0) is 30.8 Å². The van der Waals surface area contributed by atoms with E-state index in [0.29, 0.717) is 6.54 Å². The van der Waals surface area contributed by atoms with Gasteiger partial charge in [0.15, 0.2) is 0 Å². The fourth-order valence-electron chi connectivity index (χ4n) is 2.13. The second kappa shape index (κ2) is 6.74. The zero-order valence-corrected chi connectivity index (χ0v) is 11.6. The molecule has 0 radical (unpaired) electrons. The lowest BCUT2D eigenvalue weighted by atomic mass is 10.1. The number of aliphatic hydroxyl groups is 1. The van der Waals surface area contributed by atoms with E-state index in [-0.39, 0.29) is 17.9 Å². The highest BCUT2D eigenvalue weighted by Gasteiger charge is 2.15. The molecule has 21 heavy (non-hydrogen) atoms. The number of benzene rings is 2. The molecule has 0 heterocycles. The third kappa shape index (κ3) is 4.31. The van der Waals surface area contributed by atoms with Crippen molar-refractivity contribution in [1.82, 2.24) is 4.90 Å². The van der Waals surface area contributed by atoms with E-state index in [2.05, 4.69) is 0 Å². The molecule has 0 aliphatic carbocycles. The van der Waals surface area contributed by atoms with Gasteiger partial charge in [-0.2, -0.15) is 0 Å². The second-order valence-corrected chi connectivity index (χ2v) is 5.00. The Bertz CT molecular complexity index is 601. The number of nitrogens with zero attached hydrogens (tertiary/aromatic N) is 1. The van der Waals surface area contributed by atoms with Gasteiger partial charge in [-0.3, -0.25) is 4.90 Å². The number of hydrogen-bond acceptors (Lipinski definition) is 2. The second-order valence-electron chi connectivity index (χ2n) is 5.00. The maximum absolute atomic E-state index is 13.6. The number of halogens is 3. The number of aliphatic hydroxyl groups excluding tert-OH is 1. The molecule has 2 aromatic rings. The van der Waals surface area contributed by atoms with Crippen LogP contribution in [0.4, 0.5) is 13.2 Å². The molecule has 0 aliphatic heterocycles. The molecule has 0 spiro atoms. The van der Waals surface area contributed by atoms with Crippen molar-refractivity contribution in [2.24, 2.45) is 0 Å². The maximum Gasteiger partial charge on any atom is 0.131 e. The van der Waals surface area contributed by atoms with E-state index in [1.54, 1.807) is 24.1 Å². The molecule has 112 valence electrons. The fraction of sp³-hybridized carbons (Fsp3) is 0.250. The molecule has 2 rings (SSSR count). The average molecular weight is 295 g/mol. The number of hydrogen-bond donors (Lipinski definition) is 1. The van der Waals surface area contributed by atoms with Gasteiger partial charge in [-0.1, -0.05) is 18.2 Å². The molecule has 5 heteroatoms. The van der Waals surface area contributed by atoms with E-state index in [0.717, 1.165) is 17.7 Å². The lowest BCUT2D eigenvalue weighted by Crippen LogP contribution is -2.24. The van der Waals surface area contributed by atoms with Crippen LogP contribution in [-0.2, 0) is 6.54 Å². The zero-order chi connectivity index (χ0) is 15.4. The predicted octanol–water partition coefficient (Wildman–Crippen LogP) is 3.27. The third-order valence-electron chi connectivity index (χ3n) is 3.17. The van der Waals surface area contributed by atoms with Crippen LogP contribution in [0.2, 0.25) is 0 Å². The van der Waals surface area contributed by atoms with Crippen molar-refractivity contribution >= 4 is 0 Å². The molecule has 0 aromatic heterocycles. The molecular formula is C16H16F3NO. The minimum atomic E-state index is -1.06. The first-order valence-electron chi connectivity index (χ1n) is 6.51. The molecule has 1 atom stereocenters. The minimum absolute atomic E-state index is 0.0577. The fourth-order valence-corrected chi connectivity index (χ4v) is 2.13. The molecule has 0 saturated carbocycles. The maximum atomic E-state index is 13.6. The van der Waals surface area contributed by atoms with Gasteiger partial charge >= 0.3 is 0 Å². The Morgan fingerprint density at radius 3 is 2.24 bits per heavy atom. The summed E-state index contributed by atoms with van der Waals surface area (Å²) in [5, 5.41) is 10.0. The van der Waals surface area contributed by atoms with Gasteiger partial charge < -0.3 is 5.11 Å². The highest BCUT2D eigenvalue weighted by Crippen LogP contribution is 2.19. The summed E-state index contributed by atoms with van der Waals surface area (Å²) in [5.74, 6) is -1.75. The average Bonchev–Trinajstić information content (AvgIpc) is 2.41. The van der Waals surface area contributed by atoms with Crippen molar-refractivity contribution in [3.05, 3.63) is 71.0 Å². The van der Waals surface area contributed by atoms with Crippen LogP contribution >= 0.6 is 0 Å². The van der Waals surface area contributed by atoms with Gasteiger partial charge in [0.1, 0.15) is 17.5 Å². The van der Waals surface area contributed by atoms with Crippen LogP contribution in [0.3, 0.4) is 0 Å². The van der Waals surface area contributed by atoms with Crippen molar-refractivity contribution in [3.8, 4) is 0 Å². The summed E-state index contributed by atoms with van der Waals surface area (Å²) in [4.78, 5) is 1.78. The Hall–Kier alpha value is -1.85. The Kier molecular flexibility index (Phi) is 4.98. The summed E-state index contributed by atoms with van der Waals surface area (Å²) in [6.45, 7) is 0.667. The first-order chi connectivity index (χ1) is 9.95. The van der Waals surface area contributed by atoms with E-state index in [1.807, 2.05) is 0 Å². The lowest BCUT2D eigenvalue weighted by molar-refractivity contribution is 0.120. The van der Waals surface area contributed by atoms with Crippen LogP contribution in [0.1, 0.15) is 17.2 Å². The van der Waals surface area contributed by atoms with E-state index in [1.165, 1.54) is 18.2 Å². The van der Waals surface area contributed by atoms with Crippen LogP contribution in [-0.4, -0.2) is 23.6 Å². The normalized spacial score (nSPS) is 12.7. The standard InChI is InChI=1S/C16H16F3NO/c1-20(9-11-2-4-12(17)5-3-11)10-16(21)14-7-6-13(18)8-15(14)19/h2-8,16,21H,9-10H2,1H3. The van der Waals surface area contributed by atoms with Gasteiger partial charge in [0.2, 0.25) is 0 Å². The summed E-state index contributed by atoms with van der Waals surface area (Å²) in [5.41, 5.74) is 0.938. The van der Waals surface area contributed by atoms with Crippen LogP contribution in [0.5, 0.6) is 0 Å². The van der Waals surface area contributed by atoms with E-state index >= 15 is 0 Å². The Morgan fingerprint density at radius 1 is 1.00 bits per heavy atom. The van der Waals surface area contributed by atoms with Gasteiger partial charge in [0, 0.05) is 24.7 Å². The lowest BCUT2D eigenvalue weighted by Gasteiger charge is -2.21. The molecule has 2 nitrogen and oxygen atoms in total. The smallest absolute Gasteiger partial charge is 0.131 e. The van der Waals surface area contributed by atoms with Crippen molar-refractivity contribution in [1.29, 1.82) is 0 Å². The largest absolute Gasteiger partial charge is 0.387 e. The summed E-state index contributed by atoms with van der Waals surface area (Å²) in [6.07, 6.45) is -1.06. The van der Waals surface area contributed by atoms with Crippen LogP contribution in [0, 0.1) is 17.5 Å². The topological polar surface area (TPSA) is 23.5 Å². The number of rotatable bonds is 5. The van der Waals surface area contributed by atoms with Crippen molar-refractivity contribution in [2.45, 2.75) is 12.6 Å².